The number of carbonyl (C=O) groups is 3. The number of carbonyl (C=O) groups excluding carboxylic acids is 3. The van der Waals surface area contributed by atoms with Gasteiger partial charge in [-0.15, -0.1) is 0 Å². The highest BCUT2D eigenvalue weighted by Gasteiger charge is 2.44. The summed E-state index contributed by atoms with van der Waals surface area (Å²) in [6.07, 6.45) is 3.19. The van der Waals surface area contributed by atoms with Crippen molar-refractivity contribution in [1.29, 1.82) is 0 Å². The highest BCUT2D eigenvalue weighted by molar-refractivity contribution is 6.16. The Morgan fingerprint density at radius 1 is 1.59 bits per heavy atom. The van der Waals surface area contributed by atoms with Crippen LogP contribution in [0.4, 0.5) is 9.59 Å². The summed E-state index contributed by atoms with van der Waals surface area (Å²) in [5, 5.41) is 8.15. The maximum atomic E-state index is 11.7. The summed E-state index contributed by atoms with van der Waals surface area (Å²) in [7, 11) is 0. The maximum Gasteiger partial charge on any atom is 0.332 e. The van der Waals surface area contributed by atoms with Crippen LogP contribution in [0.3, 0.4) is 0 Å². The first-order valence-corrected chi connectivity index (χ1v) is 5.23. The molecule has 8 heteroatoms. The fourth-order valence-corrected chi connectivity index (χ4v) is 1.50. The standard InChI is InChI=1S/C9H15N5O3/c1-2-3-4-9(5-11-14-7(10)16)6(15)12-8(17)13-9/h5H,2-4H2,1H3,(H3,10,14,16)(H2,12,13,15,17)/b11-5+/t9-/m1/s1. The van der Waals surface area contributed by atoms with Crippen molar-refractivity contribution >= 4 is 24.2 Å². The van der Waals surface area contributed by atoms with Gasteiger partial charge in [0.15, 0.2) is 5.54 Å². The van der Waals surface area contributed by atoms with Gasteiger partial charge in [-0.3, -0.25) is 10.1 Å². The summed E-state index contributed by atoms with van der Waals surface area (Å²) in [6, 6.07) is -1.41. The maximum absolute atomic E-state index is 11.7. The normalized spacial score (nSPS) is 23.6. The third-order valence-corrected chi connectivity index (χ3v) is 2.35. The number of hydrogen-bond donors (Lipinski definition) is 4. The molecule has 5 N–H and O–H groups in total. The molecule has 1 saturated heterocycles. The summed E-state index contributed by atoms with van der Waals surface area (Å²) in [6.45, 7) is 1.96. The molecule has 1 heterocycles. The molecule has 1 aliphatic heterocycles. The highest BCUT2D eigenvalue weighted by Crippen LogP contribution is 2.16. The lowest BCUT2D eigenvalue weighted by atomic mass is 9.94. The molecular weight excluding hydrogens is 226 g/mol. The molecule has 0 aromatic carbocycles. The molecule has 0 aliphatic carbocycles. The van der Waals surface area contributed by atoms with E-state index in [1.807, 2.05) is 12.3 Å². The summed E-state index contributed by atoms with van der Waals surface area (Å²) >= 11 is 0. The molecule has 1 atom stereocenters. The van der Waals surface area contributed by atoms with E-state index < -0.39 is 23.5 Å². The Balaban J connectivity index is 2.79. The molecule has 0 aromatic rings. The summed E-state index contributed by atoms with van der Waals surface area (Å²) < 4.78 is 0. The molecule has 0 radical (unpaired) electrons. The van der Waals surface area contributed by atoms with Gasteiger partial charge < -0.3 is 11.1 Å². The number of imide groups is 1. The number of urea groups is 2. The number of hydrogen-bond acceptors (Lipinski definition) is 4. The second-order valence-electron chi connectivity index (χ2n) is 3.72. The molecule has 1 fully saturated rings. The van der Waals surface area contributed by atoms with Crippen LogP contribution in [0.25, 0.3) is 0 Å². The van der Waals surface area contributed by atoms with Crippen LogP contribution in [-0.2, 0) is 4.79 Å². The van der Waals surface area contributed by atoms with Crippen molar-refractivity contribution in [2.45, 2.75) is 31.7 Å². The Kier molecular flexibility index (Phi) is 4.02. The average Bonchev–Trinajstić information content (AvgIpc) is 2.51. The topological polar surface area (TPSA) is 126 Å². The number of nitrogens with two attached hydrogens (primary N) is 1. The SMILES string of the molecule is CCCC[C@]1(/C=N/NC(N)=O)NC(=O)NC1=O. The fraction of sp³-hybridized carbons (Fsp3) is 0.556. The van der Waals surface area contributed by atoms with Crippen molar-refractivity contribution in [2.24, 2.45) is 10.8 Å². The highest BCUT2D eigenvalue weighted by atomic mass is 16.2. The molecule has 0 unspecified atom stereocenters. The van der Waals surface area contributed by atoms with Gasteiger partial charge in [-0.05, 0) is 6.42 Å². The van der Waals surface area contributed by atoms with Gasteiger partial charge >= 0.3 is 12.1 Å². The van der Waals surface area contributed by atoms with Crippen molar-refractivity contribution in [3.05, 3.63) is 0 Å². The van der Waals surface area contributed by atoms with Gasteiger partial charge in [0.2, 0.25) is 0 Å². The van der Waals surface area contributed by atoms with Crippen LogP contribution < -0.4 is 21.8 Å². The third kappa shape index (κ3) is 3.16. The van der Waals surface area contributed by atoms with Gasteiger partial charge in [0.1, 0.15) is 0 Å². The van der Waals surface area contributed by atoms with Crippen molar-refractivity contribution in [3.8, 4) is 0 Å². The molecule has 8 nitrogen and oxygen atoms in total. The van der Waals surface area contributed by atoms with Crippen LogP contribution >= 0.6 is 0 Å². The third-order valence-electron chi connectivity index (χ3n) is 2.35. The number of hydrazone groups is 1. The van der Waals surface area contributed by atoms with Crippen LogP contribution in [0.1, 0.15) is 26.2 Å². The average molecular weight is 241 g/mol. The quantitative estimate of drug-likeness (QED) is 0.292. The van der Waals surface area contributed by atoms with Crippen LogP contribution in [0.2, 0.25) is 0 Å². The van der Waals surface area contributed by atoms with Gasteiger partial charge in [-0.2, -0.15) is 5.10 Å². The number of unbranched alkanes of at least 4 members (excludes halogenated alkanes) is 1. The molecule has 1 aliphatic rings. The molecule has 0 bridgehead atoms. The summed E-state index contributed by atoms with van der Waals surface area (Å²) in [5.41, 5.74) is 5.62. The predicted octanol–water partition coefficient (Wildman–Crippen LogP) is -0.591. The van der Waals surface area contributed by atoms with Crippen LogP contribution in [0.15, 0.2) is 5.10 Å². The zero-order chi connectivity index (χ0) is 12.9. The van der Waals surface area contributed by atoms with Crippen molar-refractivity contribution in [1.82, 2.24) is 16.1 Å². The van der Waals surface area contributed by atoms with Gasteiger partial charge in [0.05, 0.1) is 6.21 Å². The predicted molar refractivity (Wildman–Crippen MR) is 60.1 cm³/mol. The molecule has 17 heavy (non-hydrogen) atoms. The molecule has 1 rings (SSSR count). The molecule has 94 valence electrons. The summed E-state index contributed by atoms with van der Waals surface area (Å²) in [4.78, 5) is 33.2. The number of rotatable bonds is 5. The van der Waals surface area contributed by atoms with E-state index in [0.717, 1.165) is 12.8 Å². The van der Waals surface area contributed by atoms with Crippen molar-refractivity contribution < 1.29 is 14.4 Å². The smallest absolute Gasteiger partial charge is 0.332 e. The summed E-state index contributed by atoms with van der Waals surface area (Å²) in [5.74, 6) is -0.481. The van der Waals surface area contributed by atoms with E-state index in [4.69, 9.17) is 5.73 Å². The Hall–Kier alpha value is -2.12. The molecular formula is C9H15N5O3. The lowest BCUT2D eigenvalue weighted by Gasteiger charge is -2.20. The zero-order valence-corrected chi connectivity index (χ0v) is 9.45. The first-order valence-electron chi connectivity index (χ1n) is 5.23. The van der Waals surface area contributed by atoms with Crippen LogP contribution in [-0.4, -0.2) is 29.7 Å². The van der Waals surface area contributed by atoms with Crippen molar-refractivity contribution in [2.75, 3.05) is 0 Å². The van der Waals surface area contributed by atoms with Gasteiger partial charge in [-0.1, -0.05) is 19.8 Å². The number of nitrogens with zero attached hydrogens (tertiary/aromatic N) is 1. The van der Waals surface area contributed by atoms with Crippen LogP contribution in [0, 0.1) is 0 Å². The first kappa shape index (κ1) is 12.9. The fourth-order valence-electron chi connectivity index (χ4n) is 1.50. The van der Waals surface area contributed by atoms with Gasteiger partial charge in [0, 0.05) is 0 Å². The second-order valence-corrected chi connectivity index (χ2v) is 3.72. The number of nitrogens with one attached hydrogen (secondary N) is 3. The molecule has 5 amide bonds. The second kappa shape index (κ2) is 5.28. The van der Waals surface area contributed by atoms with E-state index in [1.165, 1.54) is 6.21 Å². The van der Waals surface area contributed by atoms with Crippen LogP contribution in [0.5, 0.6) is 0 Å². The Bertz CT molecular complexity index is 368. The molecule has 0 saturated carbocycles. The Morgan fingerprint density at radius 3 is 2.76 bits per heavy atom. The van der Waals surface area contributed by atoms with E-state index in [-0.39, 0.29) is 0 Å². The molecule has 0 aromatic heterocycles. The number of amides is 5. The minimum absolute atomic E-state index is 0.408. The van der Waals surface area contributed by atoms with E-state index in [1.54, 1.807) is 0 Å². The van der Waals surface area contributed by atoms with Gasteiger partial charge in [-0.25, -0.2) is 15.0 Å². The van der Waals surface area contributed by atoms with E-state index in [2.05, 4.69) is 15.7 Å². The largest absolute Gasteiger partial charge is 0.350 e. The minimum atomic E-state index is -1.20. The van der Waals surface area contributed by atoms with Gasteiger partial charge in [0.25, 0.3) is 5.91 Å². The monoisotopic (exact) mass is 241 g/mol. The first-order chi connectivity index (χ1) is 8.00. The van der Waals surface area contributed by atoms with Crippen molar-refractivity contribution in [3.63, 3.8) is 0 Å². The Morgan fingerprint density at radius 2 is 2.29 bits per heavy atom. The Labute approximate surface area is 98.0 Å². The molecule has 0 spiro atoms. The zero-order valence-electron chi connectivity index (χ0n) is 9.45. The number of primary amides is 1. The van der Waals surface area contributed by atoms with E-state index >= 15 is 0 Å². The lowest BCUT2D eigenvalue weighted by molar-refractivity contribution is -0.121. The lowest BCUT2D eigenvalue weighted by Crippen LogP contribution is -2.49. The minimum Gasteiger partial charge on any atom is -0.350 e. The van der Waals surface area contributed by atoms with E-state index in [9.17, 15) is 14.4 Å². The van der Waals surface area contributed by atoms with E-state index in [0.29, 0.717) is 6.42 Å².